The normalized spacial score (nSPS) is 10.8. The highest BCUT2D eigenvalue weighted by Crippen LogP contribution is 2.12. The van der Waals surface area contributed by atoms with Crippen LogP contribution in [0.15, 0.2) is 61.2 Å². The number of rotatable bonds is 4. The molecule has 0 radical (unpaired) electrons. The van der Waals surface area contributed by atoms with Gasteiger partial charge in [0.05, 0.1) is 25.3 Å². The average Bonchev–Trinajstić information content (AvgIpc) is 2.85. The number of esters is 2. The van der Waals surface area contributed by atoms with Gasteiger partial charge in [0.2, 0.25) is 0 Å². The van der Waals surface area contributed by atoms with Crippen molar-refractivity contribution in [2.45, 2.75) is 0 Å². The zero-order valence-electron chi connectivity index (χ0n) is 17.2. The first-order chi connectivity index (χ1) is 15.6. The lowest BCUT2D eigenvalue weighted by atomic mass is 10.2. The third kappa shape index (κ3) is 6.20. The van der Waals surface area contributed by atoms with E-state index in [1.807, 2.05) is 24.3 Å². The Balaban J connectivity index is 0.000000181. The van der Waals surface area contributed by atoms with Crippen LogP contribution in [0.25, 0.3) is 34.2 Å². The smallest absolute Gasteiger partial charge is 0.330 e. The number of aromatic nitrogens is 6. The molecule has 160 valence electrons. The van der Waals surface area contributed by atoms with Crippen molar-refractivity contribution in [2.75, 3.05) is 14.2 Å². The number of hydrogen-bond acceptors (Lipinski definition) is 10. The number of nitrogens with zero attached hydrogens (tertiary/aromatic N) is 6. The summed E-state index contributed by atoms with van der Waals surface area (Å²) in [6, 6.07) is 10.9. The van der Waals surface area contributed by atoms with E-state index in [2.05, 4.69) is 39.8 Å². The van der Waals surface area contributed by atoms with Crippen molar-refractivity contribution in [3.8, 4) is 0 Å². The van der Waals surface area contributed by atoms with Gasteiger partial charge in [0.25, 0.3) is 0 Å². The van der Waals surface area contributed by atoms with E-state index in [0.717, 1.165) is 33.2 Å². The molecule has 0 bridgehead atoms. The maximum absolute atomic E-state index is 10.9. The van der Waals surface area contributed by atoms with Crippen LogP contribution in [0.5, 0.6) is 0 Å². The Labute approximate surface area is 182 Å². The van der Waals surface area contributed by atoms with E-state index < -0.39 is 0 Å². The lowest BCUT2D eigenvalue weighted by Gasteiger charge is -1.96. The Morgan fingerprint density at radius 2 is 1.12 bits per heavy atom. The summed E-state index contributed by atoms with van der Waals surface area (Å²) in [6.07, 6.45) is 8.80. The molecule has 4 rings (SSSR count). The molecule has 0 unspecified atom stereocenters. The molecule has 2 heterocycles. The summed E-state index contributed by atoms with van der Waals surface area (Å²) in [5, 5.41) is 15.2. The zero-order chi connectivity index (χ0) is 22.8. The Bertz CT molecular complexity index is 1200. The lowest BCUT2D eigenvalue weighted by Crippen LogP contribution is -1.93. The predicted octanol–water partition coefficient (Wildman–Crippen LogP) is 2.42. The van der Waals surface area contributed by atoms with Gasteiger partial charge >= 0.3 is 11.9 Å². The van der Waals surface area contributed by atoms with Gasteiger partial charge in [-0.3, -0.25) is 0 Å². The van der Waals surface area contributed by atoms with Crippen LogP contribution in [0.3, 0.4) is 0 Å². The second kappa shape index (κ2) is 11.0. The van der Waals surface area contributed by atoms with Crippen molar-refractivity contribution in [1.82, 2.24) is 30.4 Å². The van der Waals surface area contributed by atoms with E-state index in [9.17, 15) is 9.59 Å². The number of benzene rings is 2. The first kappa shape index (κ1) is 22.1. The summed E-state index contributed by atoms with van der Waals surface area (Å²) in [5.74, 6) is -0.776. The number of carbonyl (C=O) groups is 2. The second-order valence-electron chi connectivity index (χ2n) is 6.13. The highest BCUT2D eigenvalue weighted by atomic mass is 16.5. The maximum atomic E-state index is 10.9. The molecule has 0 amide bonds. The summed E-state index contributed by atoms with van der Waals surface area (Å²) in [5.41, 5.74) is 4.64. The van der Waals surface area contributed by atoms with Crippen molar-refractivity contribution in [3.63, 3.8) is 0 Å². The van der Waals surface area contributed by atoms with Crippen LogP contribution in [0, 0.1) is 0 Å². The molecule has 4 aromatic rings. The van der Waals surface area contributed by atoms with Gasteiger partial charge in [-0.2, -0.15) is 0 Å². The maximum Gasteiger partial charge on any atom is 0.330 e. The van der Waals surface area contributed by atoms with E-state index >= 15 is 0 Å². The highest BCUT2D eigenvalue weighted by Gasteiger charge is 1.98. The summed E-state index contributed by atoms with van der Waals surface area (Å²) in [4.78, 5) is 29.9. The standard InChI is InChI=1S/2C11H9N3O2/c2*1-16-11(15)5-3-8-2-4-9-10(6-8)12-7-13-14-9/h2*2-7H,1H3/b2*5-3+. The molecular formula is C22H18N6O4. The van der Waals surface area contributed by atoms with Gasteiger partial charge < -0.3 is 9.47 Å². The van der Waals surface area contributed by atoms with Crippen molar-refractivity contribution < 1.29 is 19.1 Å². The minimum atomic E-state index is -0.388. The quantitative estimate of drug-likeness (QED) is 0.351. The van der Waals surface area contributed by atoms with Crippen molar-refractivity contribution >= 4 is 46.2 Å². The first-order valence-electron chi connectivity index (χ1n) is 9.26. The predicted molar refractivity (Wildman–Crippen MR) is 117 cm³/mol. The van der Waals surface area contributed by atoms with Gasteiger partial charge in [-0.1, -0.05) is 12.1 Å². The molecule has 10 heteroatoms. The molecule has 0 spiro atoms. The van der Waals surface area contributed by atoms with Crippen LogP contribution in [0.1, 0.15) is 11.1 Å². The summed E-state index contributed by atoms with van der Waals surface area (Å²) in [7, 11) is 2.68. The SMILES string of the molecule is COC(=O)/C=C/c1ccc2nncnc2c1.COC(=O)/C=C/c1ccc2nncnc2c1. The van der Waals surface area contributed by atoms with Crippen LogP contribution < -0.4 is 0 Å². The van der Waals surface area contributed by atoms with Gasteiger partial charge in [-0.25, -0.2) is 19.6 Å². The molecule has 0 aliphatic heterocycles. The Morgan fingerprint density at radius 3 is 1.53 bits per heavy atom. The van der Waals surface area contributed by atoms with Crippen LogP contribution in [0.2, 0.25) is 0 Å². The van der Waals surface area contributed by atoms with Crippen molar-refractivity contribution in [3.05, 3.63) is 72.3 Å². The molecule has 0 saturated heterocycles. The summed E-state index contributed by atoms with van der Waals surface area (Å²) >= 11 is 0. The fraction of sp³-hybridized carbons (Fsp3) is 0.0909. The number of fused-ring (bicyclic) bond motifs is 2. The molecule has 0 aliphatic carbocycles. The van der Waals surface area contributed by atoms with Crippen LogP contribution >= 0.6 is 0 Å². The van der Waals surface area contributed by atoms with Gasteiger partial charge in [0.15, 0.2) is 0 Å². The summed E-state index contributed by atoms with van der Waals surface area (Å²) < 4.78 is 8.99. The Hall–Kier alpha value is -4.60. The third-order valence-electron chi connectivity index (χ3n) is 4.05. The molecular weight excluding hydrogens is 412 g/mol. The largest absolute Gasteiger partial charge is 0.466 e. The highest BCUT2D eigenvalue weighted by molar-refractivity contribution is 5.88. The monoisotopic (exact) mass is 430 g/mol. The second-order valence-corrected chi connectivity index (χ2v) is 6.13. The van der Waals surface area contributed by atoms with E-state index in [1.165, 1.54) is 39.0 Å². The molecule has 0 aliphatic rings. The van der Waals surface area contributed by atoms with Crippen molar-refractivity contribution in [1.29, 1.82) is 0 Å². The Morgan fingerprint density at radius 1 is 0.688 bits per heavy atom. The van der Waals surface area contributed by atoms with E-state index in [1.54, 1.807) is 24.3 Å². The van der Waals surface area contributed by atoms with Gasteiger partial charge in [0.1, 0.15) is 23.7 Å². The number of ether oxygens (including phenoxy) is 2. The minimum Gasteiger partial charge on any atom is -0.466 e. The molecule has 0 N–H and O–H groups in total. The van der Waals surface area contributed by atoms with E-state index in [4.69, 9.17) is 0 Å². The third-order valence-corrected chi connectivity index (χ3v) is 4.05. The zero-order valence-corrected chi connectivity index (χ0v) is 17.2. The number of methoxy groups -OCH3 is 2. The molecule has 32 heavy (non-hydrogen) atoms. The van der Waals surface area contributed by atoms with E-state index in [-0.39, 0.29) is 11.9 Å². The van der Waals surface area contributed by atoms with E-state index in [0.29, 0.717) is 0 Å². The number of hydrogen-bond donors (Lipinski definition) is 0. The van der Waals surface area contributed by atoms with Crippen LogP contribution in [0.4, 0.5) is 0 Å². The fourth-order valence-corrected chi connectivity index (χ4v) is 2.48. The first-order valence-corrected chi connectivity index (χ1v) is 9.26. The molecule has 2 aromatic heterocycles. The molecule has 0 saturated carbocycles. The summed E-state index contributed by atoms with van der Waals surface area (Å²) in [6.45, 7) is 0. The van der Waals surface area contributed by atoms with Crippen molar-refractivity contribution in [2.24, 2.45) is 0 Å². The van der Waals surface area contributed by atoms with Gasteiger partial charge in [-0.15, -0.1) is 20.4 Å². The molecule has 10 nitrogen and oxygen atoms in total. The van der Waals surface area contributed by atoms with Gasteiger partial charge in [0, 0.05) is 12.2 Å². The van der Waals surface area contributed by atoms with Crippen LogP contribution in [-0.4, -0.2) is 56.5 Å². The molecule has 2 aromatic carbocycles. The Kier molecular flexibility index (Phi) is 7.58. The fourth-order valence-electron chi connectivity index (χ4n) is 2.48. The average molecular weight is 430 g/mol. The topological polar surface area (TPSA) is 130 Å². The lowest BCUT2D eigenvalue weighted by molar-refractivity contribution is -0.135. The number of carbonyl (C=O) groups excluding carboxylic acids is 2. The molecule has 0 fully saturated rings. The van der Waals surface area contributed by atoms with Gasteiger partial charge in [-0.05, 0) is 47.5 Å². The molecule has 0 atom stereocenters. The van der Waals surface area contributed by atoms with Crippen LogP contribution in [-0.2, 0) is 19.1 Å². The minimum absolute atomic E-state index is 0.388.